The minimum Gasteiger partial charge on any atom is -0.389 e. The van der Waals surface area contributed by atoms with Crippen LogP contribution in [0, 0.1) is 0 Å². The Hall–Kier alpha value is -2.16. The van der Waals surface area contributed by atoms with Gasteiger partial charge in [0.2, 0.25) is 0 Å². The lowest BCUT2D eigenvalue weighted by molar-refractivity contribution is -0.0153. The van der Waals surface area contributed by atoms with E-state index in [0.717, 1.165) is 11.1 Å². The second-order valence-electron chi connectivity index (χ2n) is 6.39. The molecule has 0 unspecified atom stereocenters. The molecule has 0 fully saturated rings. The van der Waals surface area contributed by atoms with Crippen molar-refractivity contribution in [2.75, 3.05) is 0 Å². The number of aliphatic hydroxyl groups excluding tert-OH is 2. The van der Waals surface area contributed by atoms with Gasteiger partial charge >= 0.3 is 0 Å². The van der Waals surface area contributed by atoms with Crippen LogP contribution in [-0.2, 0) is 0 Å². The highest BCUT2D eigenvalue weighted by atomic mass is 16.3. The van der Waals surface area contributed by atoms with Crippen LogP contribution in [0.5, 0.6) is 0 Å². The Labute approximate surface area is 128 Å². The van der Waals surface area contributed by atoms with Gasteiger partial charge in [-0.1, -0.05) is 60.7 Å². The van der Waals surface area contributed by atoms with E-state index in [4.69, 9.17) is 0 Å². The molecule has 0 radical (unpaired) electrons. The molecule has 0 spiro atoms. The van der Waals surface area contributed by atoms with Crippen LogP contribution in [0.3, 0.4) is 0 Å². The third-order valence-corrected chi connectivity index (χ3v) is 5.32. The number of hydrogen-bond acceptors (Lipinski definition) is 2. The van der Waals surface area contributed by atoms with Crippen LogP contribution in [0.4, 0.5) is 0 Å². The summed E-state index contributed by atoms with van der Waals surface area (Å²) in [6.45, 7) is 0. The second kappa shape index (κ2) is 4.19. The van der Waals surface area contributed by atoms with Gasteiger partial charge in [0.05, 0.1) is 12.2 Å². The standard InChI is InChI=1S/C20H16O2/c21-19-17-13-7-3-4-8-14(13)18(20(19)22)16-10-12-6-2-1-5-11(12)9-15(16)17/h1-10,17-22H/t17-,18+,19-,20+. The maximum absolute atomic E-state index is 10.6. The summed E-state index contributed by atoms with van der Waals surface area (Å²) in [5, 5.41) is 23.5. The lowest BCUT2D eigenvalue weighted by atomic mass is 9.61. The van der Waals surface area contributed by atoms with Crippen molar-refractivity contribution in [1.29, 1.82) is 0 Å². The molecular weight excluding hydrogens is 272 g/mol. The highest BCUT2D eigenvalue weighted by Crippen LogP contribution is 2.53. The molecule has 3 aromatic rings. The summed E-state index contributed by atoms with van der Waals surface area (Å²) < 4.78 is 0. The number of hydrogen-bond donors (Lipinski definition) is 2. The van der Waals surface area contributed by atoms with Crippen LogP contribution < -0.4 is 0 Å². The van der Waals surface area contributed by atoms with E-state index in [0.29, 0.717) is 0 Å². The van der Waals surface area contributed by atoms with Crippen LogP contribution in [-0.4, -0.2) is 22.4 Å². The zero-order valence-corrected chi connectivity index (χ0v) is 12.0. The largest absolute Gasteiger partial charge is 0.389 e. The Morgan fingerprint density at radius 1 is 0.545 bits per heavy atom. The molecule has 3 aliphatic rings. The number of aliphatic hydroxyl groups is 2. The number of fused-ring (bicyclic) bond motifs is 2. The van der Waals surface area contributed by atoms with E-state index in [2.05, 4.69) is 36.4 Å². The van der Waals surface area contributed by atoms with Crippen molar-refractivity contribution in [3.8, 4) is 0 Å². The molecule has 3 aromatic carbocycles. The highest BCUT2D eigenvalue weighted by Gasteiger charge is 2.48. The van der Waals surface area contributed by atoms with Crippen LogP contribution in [0.25, 0.3) is 10.8 Å². The van der Waals surface area contributed by atoms with Crippen LogP contribution in [0.2, 0.25) is 0 Å². The summed E-state index contributed by atoms with van der Waals surface area (Å²) in [4.78, 5) is 0. The Bertz CT molecular complexity index is 826. The van der Waals surface area contributed by atoms with E-state index < -0.39 is 12.2 Å². The Kier molecular flexibility index (Phi) is 2.36. The fourth-order valence-corrected chi connectivity index (χ4v) is 4.36. The molecule has 2 nitrogen and oxygen atoms in total. The topological polar surface area (TPSA) is 40.5 Å². The number of benzene rings is 3. The van der Waals surface area contributed by atoms with Crippen molar-refractivity contribution in [1.82, 2.24) is 0 Å². The Morgan fingerprint density at radius 2 is 0.955 bits per heavy atom. The lowest BCUT2D eigenvalue weighted by Crippen LogP contribution is -2.47. The van der Waals surface area contributed by atoms with Gasteiger partial charge in [0.1, 0.15) is 0 Å². The monoisotopic (exact) mass is 288 g/mol. The molecule has 0 amide bonds. The SMILES string of the molecule is O[C@@H]1[C@@H]2c3ccccc3[C@@H](c3cc4ccccc4cc32)[C@@H]1O. The van der Waals surface area contributed by atoms with Gasteiger partial charge < -0.3 is 10.2 Å². The molecule has 108 valence electrons. The van der Waals surface area contributed by atoms with E-state index >= 15 is 0 Å². The Morgan fingerprint density at radius 3 is 1.41 bits per heavy atom. The van der Waals surface area contributed by atoms with E-state index in [1.807, 2.05) is 24.3 Å². The van der Waals surface area contributed by atoms with Crippen LogP contribution >= 0.6 is 0 Å². The summed E-state index contributed by atoms with van der Waals surface area (Å²) in [5.74, 6) is -0.258. The fraction of sp³-hybridized carbons (Fsp3) is 0.200. The molecular formula is C20H16O2. The average Bonchev–Trinajstić information content (AvgIpc) is 2.56. The van der Waals surface area contributed by atoms with Gasteiger partial charge in [-0.25, -0.2) is 0 Å². The highest BCUT2D eigenvalue weighted by molar-refractivity contribution is 5.85. The van der Waals surface area contributed by atoms with Gasteiger partial charge in [0, 0.05) is 11.8 Å². The molecule has 0 aliphatic heterocycles. The van der Waals surface area contributed by atoms with Gasteiger partial charge in [-0.15, -0.1) is 0 Å². The predicted octanol–water partition coefficient (Wildman–Crippen LogP) is 3.15. The minimum absolute atomic E-state index is 0.129. The summed E-state index contributed by atoms with van der Waals surface area (Å²) in [5.41, 5.74) is 4.65. The van der Waals surface area contributed by atoms with Gasteiger partial charge in [-0.3, -0.25) is 0 Å². The molecule has 0 aromatic heterocycles. The molecule has 6 rings (SSSR count). The minimum atomic E-state index is -0.728. The first kappa shape index (κ1) is 12.4. The molecule has 22 heavy (non-hydrogen) atoms. The zero-order chi connectivity index (χ0) is 14.8. The molecule has 0 saturated heterocycles. The smallest absolute Gasteiger partial charge is 0.0917 e. The molecule has 0 heterocycles. The third kappa shape index (κ3) is 1.41. The van der Waals surface area contributed by atoms with E-state index in [-0.39, 0.29) is 11.8 Å². The van der Waals surface area contributed by atoms with Crippen LogP contribution in [0.1, 0.15) is 34.1 Å². The lowest BCUT2D eigenvalue weighted by Gasteiger charge is -2.46. The van der Waals surface area contributed by atoms with Gasteiger partial charge in [0.25, 0.3) is 0 Å². The first-order valence-electron chi connectivity index (χ1n) is 7.73. The molecule has 0 saturated carbocycles. The maximum atomic E-state index is 10.6. The summed E-state index contributed by atoms with van der Waals surface area (Å²) in [6, 6.07) is 20.9. The summed E-state index contributed by atoms with van der Waals surface area (Å²) in [7, 11) is 0. The Balaban J connectivity index is 1.87. The van der Waals surface area contributed by atoms with Gasteiger partial charge in [0.15, 0.2) is 0 Å². The quantitative estimate of drug-likeness (QED) is 0.667. The molecule has 2 heteroatoms. The van der Waals surface area contributed by atoms with Crippen molar-refractivity contribution in [2.45, 2.75) is 24.0 Å². The van der Waals surface area contributed by atoms with E-state index in [1.165, 1.54) is 21.9 Å². The average molecular weight is 288 g/mol. The zero-order valence-electron chi connectivity index (χ0n) is 12.0. The van der Waals surface area contributed by atoms with E-state index in [9.17, 15) is 10.2 Å². The van der Waals surface area contributed by atoms with Crippen molar-refractivity contribution in [3.63, 3.8) is 0 Å². The molecule has 3 aliphatic carbocycles. The van der Waals surface area contributed by atoms with Crippen molar-refractivity contribution >= 4 is 10.8 Å². The number of rotatable bonds is 0. The summed E-state index contributed by atoms with van der Waals surface area (Å²) >= 11 is 0. The van der Waals surface area contributed by atoms with E-state index in [1.54, 1.807) is 0 Å². The first-order valence-corrected chi connectivity index (χ1v) is 7.73. The summed E-state index contributed by atoms with van der Waals surface area (Å²) in [6.07, 6.45) is -1.46. The van der Waals surface area contributed by atoms with Crippen molar-refractivity contribution < 1.29 is 10.2 Å². The van der Waals surface area contributed by atoms with Gasteiger partial charge in [-0.2, -0.15) is 0 Å². The van der Waals surface area contributed by atoms with Crippen molar-refractivity contribution in [3.05, 3.63) is 82.9 Å². The third-order valence-electron chi connectivity index (χ3n) is 5.32. The molecule has 2 N–H and O–H groups in total. The van der Waals surface area contributed by atoms with Gasteiger partial charge in [-0.05, 0) is 33.0 Å². The molecule has 2 bridgehead atoms. The normalized spacial score (nSPS) is 28.5. The maximum Gasteiger partial charge on any atom is 0.0917 e. The molecule has 4 atom stereocenters. The first-order chi connectivity index (χ1) is 10.8. The van der Waals surface area contributed by atoms with Crippen LogP contribution in [0.15, 0.2) is 60.7 Å². The van der Waals surface area contributed by atoms with Crippen molar-refractivity contribution in [2.24, 2.45) is 0 Å². The predicted molar refractivity (Wildman–Crippen MR) is 86.1 cm³/mol. The fourth-order valence-electron chi connectivity index (χ4n) is 4.36. The second-order valence-corrected chi connectivity index (χ2v) is 6.39.